The third kappa shape index (κ3) is 3.21. The van der Waals surface area contributed by atoms with E-state index in [4.69, 9.17) is 16.9 Å². The van der Waals surface area contributed by atoms with Crippen LogP contribution in [0.15, 0.2) is 18.2 Å². The van der Waals surface area contributed by atoms with Crippen LogP contribution >= 0.6 is 34.2 Å². The van der Waals surface area contributed by atoms with Crippen LogP contribution in [0.5, 0.6) is 0 Å². The van der Waals surface area contributed by atoms with Crippen LogP contribution in [-0.2, 0) is 0 Å². The molecular formula is C14H14ClIN2O. The minimum Gasteiger partial charge on any atom is -0.339 e. The third-order valence-electron chi connectivity index (χ3n) is 3.58. The van der Waals surface area contributed by atoms with Crippen molar-refractivity contribution in [3.8, 4) is 6.07 Å². The number of rotatable bonds is 1. The minimum atomic E-state index is -0.293. The molecule has 0 aromatic heterocycles. The van der Waals surface area contributed by atoms with Gasteiger partial charge in [-0.2, -0.15) is 5.26 Å². The molecule has 0 saturated carbocycles. The molecule has 5 heteroatoms. The van der Waals surface area contributed by atoms with Gasteiger partial charge >= 0.3 is 0 Å². The van der Waals surface area contributed by atoms with Crippen LogP contribution in [0, 0.1) is 20.3 Å². The summed E-state index contributed by atoms with van der Waals surface area (Å²) in [6.07, 6.45) is 1.46. The van der Waals surface area contributed by atoms with Crippen molar-refractivity contribution in [2.75, 3.05) is 13.1 Å². The van der Waals surface area contributed by atoms with Crippen LogP contribution in [0.3, 0.4) is 0 Å². The fraction of sp³-hybridized carbons (Fsp3) is 0.429. The molecule has 1 fully saturated rings. The van der Waals surface area contributed by atoms with Gasteiger partial charge in [-0.25, -0.2) is 0 Å². The number of amides is 1. The van der Waals surface area contributed by atoms with Crippen LogP contribution in [0.2, 0.25) is 5.02 Å². The fourth-order valence-corrected chi connectivity index (χ4v) is 2.89. The molecule has 0 bridgehead atoms. The number of carbonyl (C=O) groups excluding carboxylic acids is 1. The highest BCUT2D eigenvalue weighted by Crippen LogP contribution is 2.31. The Morgan fingerprint density at radius 2 is 2.11 bits per heavy atom. The number of hydrogen-bond acceptors (Lipinski definition) is 2. The Labute approximate surface area is 131 Å². The summed E-state index contributed by atoms with van der Waals surface area (Å²) >= 11 is 8.09. The summed E-state index contributed by atoms with van der Waals surface area (Å²) in [5.74, 6) is 0.00638. The SMILES string of the molecule is CC1(C#N)CCN(C(=O)c2cc(Cl)ccc2I)CC1. The lowest BCUT2D eigenvalue weighted by Crippen LogP contribution is -2.41. The Balaban J connectivity index is 2.14. The van der Waals surface area contributed by atoms with Crippen molar-refractivity contribution in [1.29, 1.82) is 5.26 Å². The second-order valence-corrected chi connectivity index (χ2v) is 6.69. The summed E-state index contributed by atoms with van der Waals surface area (Å²) in [5.41, 5.74) is 0.354. The lowest BCUT2D eigenvalue weighted by molar-refractivity contribution is 0.0660. The smallest absolute Gasteiger partial charge is 0.254 e. The molecule has 0 aliphatic carbocycles. The maximum Gasteiger partial charge on any atom is 0.254 e. The van der Waals surface area contributed by atoms with Gasteiger partial charge in [0, 0.05) is 21.7 Å². The zero-order chi connectivity index (χ0) is 14.0. The van der Waals surface area contributed by atoms with E-state index in [1.807, 2.05) is 17.9 Å². The van der Waals surface area contributed by atoms with Gasteiger partial charge in [-0.05, 0) is 60.6 Å². The van der Waals surface area contributed by atoms with Gasteiger partial charge in [0.05, 0.1) is 17.0 Å². The standard InChI is InChI=1S/C14H14ClIN2O/c1-14(9-17)4-6-18(7-5-14)13(19)11-8-10(15)2-3-12(11)16/h2-3,8H,4-7H2,1H3. The first-order valence-electron chi connectivity index (χ1n) is 6.11. The first kappa shape index (κ1) is 14.6. The monoisotopic (exact) mass is 388 g/mol. The van der Waals surface area contributed by atoms with Crippen LogP contribution in [0.4, 0.5) is 0 Å². The molecule has 1 aliphatic heterocycles. The van der Waals surface area contributed by atoms with E-state index in [9.17, 15) is 4.79 Å². The Morgan fingerprint density at radius 1 is 1.47 bits per heavy atom. The van der Waals surface area contributed by atoms with Gasteiger partial charge in [-0.1, -0.05) is 11.6 Å². The molecule has 0 unspecified atom stereocenters. The van der Waals surface area contributed by atoms with Gasteiger partial charge in [-0.3, -0.25) is 4.79 Å². The summed E-state index contributed by atoms with van der Waals surface area (Å²) in [6.45, 7) is 3.22. The highest BCUT2D eigenvalue weighted by atomic mass is 127. The van der Waals surface area contributed by atoms with Crippen LogP contribution in [0.25, 0.3) is 0 Å². The van der Waals surface area contributed by atoms with Gasteiger partial charge < -0.3 is 4.90 Å². The van der Waals surface area contributed by atoms with Crippen molar-refractivity contribution in [1.82, 2.24) is 4.90 Å². The van der Waals surface area contributed by atoms with Crippen LogP contribution < -0.4 is 0 Å². The number of nitriles is 1. The quantitative estimate of drug-likeness (QED) is 0.688. The second kappa shape index (κ2) is 5.68. The lowest BCUT2D eigenvalue weighted by atomic mass is 9.82. The molecule has 1 aromatic carbocycles. The fourth-order valence-electron chi connectivity index (χ4n) is 2.15. The Hall–Kier alpha value is -0.800. The highest BCUT2D eigenvalue weighted by Gasteiger charge is 2.32. The van der Waals surface area contributed by atoms with E-state index in [1.165, 1.54) is 0 Å². The molecule has 1 heterocycles. The zero-order valence-electron chi connectivity index (χ0n) is 10.6. The van der Waals surface area contributed by atoms with E-state index < -0.39 is 0 Å². The molecular weight excluding hydrogens is 375 g/mol. The average molecular weight is 389 g/mol. The largest absolute Gasteiger partial charge is 0.339 e. The third-order valence-corrected chi connectivity index (χ3v) is 4.76. The van der Waals surface area contributed by atoms with E-state index in [2.05, 4.69) is 28.7 Å². The summed E-state index contributed by atoms with van der Waals surface area (Å²) in [7, 11) is 0. The summed E-state index contributed by atoms with van der Waals surface area (Å²) in [4.78, 5) is 14.3. The topological polar surface area (TPSA) is 44.1 Å². The van der Waals surface area contributed by atoms with Crippen molar-refractivity contribution in [3.63, 3.8) is 0 Å². The average Bonchev–Trinajstić information content (AvgIpc) is 2.42. The zero-order valence-corrected chi connectivity index (χ0v) is 13.5. The molecule has 100 valence electrons. The number of benzene rings is 1. The summed E-state index contributed by atoms with van der Waals surface area (Å²) < 4.78 is 0.903. The normalized spacial score (nSPS) is 17.9. The molecule has 3 nitrogen and oxygen atoms in total. The van der Waals surface area contributed by atoms with Gasteiger partial charge in [0.2, 0.25) is 0 Å². The van der Waals surface area contributed by atoms with Crippen molar-refractivity contribution >= 4 is 40.1 Å². The first-order valence-corrected chi connectivity index (χ1v) is 7.56. The molecule has 1 saturated heterocycles. The second-order valence-electron chi connectivity index (χ2n) is 5.09. The van der Waals surface area contributed by atoms with Crippen molar-refractivity contribution < 1.29 is 4.79 Å². The van der Waals surface area contributed by atoms with Crippen LogP contribution in [-0.4, -0.2) is 23.9 Å². The van der Waals surface area contributed by atoms with Crippen molar-refractivity contribution in [2.45, 2.75) is 19.8 Å². The van der Waals surface area contributed by atoms with Crippen molar-refractivity contribution in [3.05, 3.63) is 32.4 Å². The molecule has 0 spiro atoms. The van der Waals surface area contributed by atoms with Gasteiger partial charge in [-0.15, -0.1) is 0 Å². The number of likely N-dealkylation sites (tertiary alicyclic amines) is 1. The van der Waals surface area contributed by atoms with E-state index in [-0.39, 0.29) is 11.3 Å². The first-order chi connectivity index (χ1) is 8.95. The molecule has 0 N–H and O–H groups in total. The molecule has 2 rings (SSSR count). The number of piperidine rings is 1. The molecule has 0 radical (unpaired) electrons. The predicted molar refractivity (Wildman–Crippen MR) is 83.0 cm³/mol. The Kier molecular flexibility index (Phi) is 4.36. The van der Waals surface area contributed by atoms with Gasteiger partial charge in [0.1, 0.15) is 0 Å². The van der Waals surface area contributed by atoms with E-state index in [1.54, 1.807) is 12.1 Å². The number of carbonyl (C=O) groups is 1. The minimum absolute atomic E-state index is 0.00638. The predicted octanol–water partition coefficient (Wildman–Crippen LogP) is 3.71. The van der Waals surface area contributed by atoms with Gasteiger partial charge in [0.25, 0.3) is 5.91 Å². The van der Waals surface area contributed by atoms with Crippen molar-refractivity contribution in [2.24, 2.45) is 5.41 Å². The molecule has 1 aromatic rings. The van der Waals surface area contributed by atoms with E-state index in [0.29, 0.717) is 23.7 Å². The molecule has 19 heavy (non-hydrogen) atoms. The molecule has 0 atom stereocenters. The van der Waals surface area contributed by atoms with Crippen LogP contribution in [0.1, 0.15) is 30.1 Å². The van der Waals surface area contributed by atoms with Gasteiger partial charge in [0.15, 0.2) is 0 Å². The maximum absolute atomic E-state index is 12.5. The maximum atomic E-state index is 12.5. The molecule has 1 aliphatic rings. The van der Waals surface area contributed by atoms with E-state index >= 15 is 0 Å². The Bertz CT molecular complexity index is 545. The summed E-state index contributed by atoms with van der Waals surface area (Å²) in [6, 6.07) is 7.68. The number of halogens is 2. The Morgan fingerprint density at radius 3 is 2.68 bits per heavy atom. The number of hydrogen-bond donors (Lipinski definition) is 0. The highest BCUT2D eigenvalue weighted by molar-refractivity contribution is 14.1. The lowest BCUT2D eigenvalue weighted by Gasteiger charge is -2.35. The summed E-state index contributed by atoms with van der Waals surface area (Å²) in [5, 5.41) is 9.67. The number of nitrogens with zero attached hydrogens (tertiary/aromatic N) is 2. The molecule has 1 amide bonds. The van der Waals surface area contributed by atoms with E-state index in [0.717, 1.165) is 16.4 Å².